The van der Waals surface area contributed by atoms with Crippen molar-refractivity contribution in [3.8, 4) is 5.88 Å². The smallest absolute Gasteiger partial charge is 0.253 e. The highest BCUT2D eigenvalue weighted by atomic mass is 19.1. The van der Waals surface area contributed by atoms with Gasteiger partial charge in [0.15, 0.2) is 0 Å². The van der Waals surface area contributed by atoms with Crippen LogP contribution in [0.15, 0.2) is 30.6 Å². The predicted octanol–water partition coefficient (Wildman–Crippen LogP) is 4.42. The second-order valence-corrected chi connectivity index (χ2v) is 7.51. The highest BCUT2D eigenvalue weighted by Crippen LogP contribution is 2.38. The van der Waals surface area contributed by atoms with Gasteiger partial charge in [-0.05, 0) is 68.6 Å². The summed E-state index contributed by atoms with van der Waals surface area (Å²) in [6.07, 6.45) is 8.03. The van der Waals surface area contributed by atoms with E-state index in [1.165, 1.54) is 0 Å². The zero-order valence-electron chi connectivity index (χ0n) is 16.7. The Bertz CT molecular complexity index is 802. The van der Waals surface area contributed by atoms with E-state index in [0.717, 1.165) is 37.7 Å². The Labute approximate surface area is 165 Å². The summed E-state index contributed by atoms with van der Waals surface area (Å²) in [6.45, 7) is 3.91. The zero-order chi connectivity index (χ0) is 20.1. The molecule has 0 spiro atoms. The molecular weight excluding hydrogens is 357 g/mol. The van der Waals surface area contributed by atoms with Crippen molar-refractivity contribution < 1.29 is 13.9 Å². The minimum absolute atomic E-state index is 0.101. The molecule has 1 saturated carbocycles. The van der Waals surface area contributed by atoms with E-state index in [-0.39, 0.29) is 17.9 Å². The number of aromatic nitrogens is 2. The Kier molecular flexibility index (Phi) is 6.60. The lowest BCUT2D eigenvalue weighted by atomic mass is 9.75. The van der Waals surface area contributed by atoms with Crippen LogP contribution in [0.5, 0.6) is 5.88 Å². The summed E-state index contributed by atoms with van der Waals surface area (Å²) in [4.78, 5) is 20.4. The van der Waals surface area contributed by atoms with Gasteiger partial charge < -0.3 is 10.1 Å². The zero-order valence-corrected chi connectivity index (χ0v) is 16.7. The summed E-state index contributed by atoms with van der Waals surface area (Å²) in [7, 11) is 1.55. The fourth-order valence-electron chi connectivity index (χ4n) is 4.24. The van der Waals surface area contributed by atoms with Crippen LogP contribution in [-0.2, 0) is 0 Å². The first kappa shape index (κ1) is 20.2. The number of pyridine rings is 2. The van der Waals surface area contributed by atoms with Gasteiger partial charge in [-0.3, -0.25) is 4.79 Å². The molecule has 150 valence electrons. The van der Waals surface area contributed by atoms with E-state index in [1.807, 2.05) is 13.0 Å². The van der Waals surface area contributed by atoms with Crippen molar-refractivity contribution in [3.63, 3.8) is 0 Å². The molecule has 0 bridgehead atoms. The molecule has 0 saturated heterocycles. The molecule has 2 aromatic heterocycles. The Morgan fingerprint density at radius 2 is 2.00 bits per heavy atom. The van der Waals surface area contributed by atoms with Crippen LogP contribution in [0.2, 0.25) is 0 Å². The van der Waals surface area contributed by atoms with Gasteiger partial charge in [-0.2, -0.15) is 4.39 Å². The fourth-order valence-corrected chi connectivity index (χ4v) is 4.24. The van der Waals surface area contributed by atoms with E-state index >= 15 is 0 Å². The van der Waals surface area contributed by atoms with Crippen LogP contribution < -0.4 is 10.1 Å². The lowest BCUT2D eigenvalue weighted by Crippen LogP contribution is -2.41. The summed E-state index contributed by atoms with van der Waals surface area (Å²) in [6, 6.07) is 5.49. The van der Waals surface area contributed by atoms with Gasteiger partial charge in [-0.1, -0.05) is 6.92 Å². The number of nitrogens with zero attached hydrogens (tertiary/aromatic N) is 2. The molecule has 5 nitrogen and oxygen atoms in total. The number of ether oxygens (including phenoxy) is 1. The maximum atomic E-state index is 13.8. The largest absolute Gasteiger partial charge is 0.481 e. The quantitative estimate of drug-likeness (QED) is 0.748. The van der Waals surface area contributed by atoms with Crippen LogP contribution in [0.1, 0.15) is 66.4 Å². The topological polar surface area (TPSA) is 64.1 Å². The van der Waals surface area contributed by atoms with Gasteiger partial charge in [-0.25, -0.2) is 9.97 Å². The number of nitrogens with one attached hydrogen (secondary N) is 1. The molecule has 2 aromatic rings. The van der Waals surface area contributed by atoms with Gasteiger partial charge in [0.25, 0.3) is 5.91 Å². The Balaban J connectivity index is 1.60. The fraction of sp³-hybridized carbons (Fsp3) is 0.500. The van der Waals surface area contributed by atoms with Crippen LogP contribution >= 0.6 is 0 Å². The number of halogens is 1. The summed E-state index contributed by atoms with van der Waals surface area (Å²) >= 11 is 0. The van der Waals surface area contributed by atoms with Crippen molar-refractivity contribution in [2.24, 2.45) is 5.92 Å². The Morgan fingerprint density at radius 3 is 2.61 bits per heavy atom. The van der Waals surface area contributed by atoms with E-state index in [4.69, 9.17) is 4.74 Å². The first-order chi connectivity index (χ1) is 13.5. The first-order valence-electron chi connectivity index (χ1n) is 9.95. The summed E-state index contributed by atoms with van der Waals surface area (Å²) in [5, 5.41) is 3.18. The second kappa shape index (κ2) is 9.13. The average Bonchev–Trinajstić information content (AvgIpc) is 2.74. The van der Waals surface area contributed by atoms with Gasteiger partial charge in [0.2, 0.25) is 11.8 Å². The van der Waals surface area contributed by atoms with Crippen molar-refractivity contribution in [3.05, 3.63) is 53.2 Å². The third-order valence-electron chi connectivity index (χ3n) is 5.93. The minimum atomic E-state index is -0.369. The SMILES string of the molecule is CC[C@@H](NC(=O)c1ccc(OC)nc1)C1CCC(c2ccnc(F)c2C)CC1. The average molecular weight is 385 g/mol. The molecule has 2 heterocycles. The van der Waals surface area contributed by atoms with E-state index in [0.29, 0.717) is 28.8 Å². The van der Waals surface area contributed by atoms with Gasteiger partial charge in [0.05, 0.1) is 12.7 Å². The predicted molar refractivity (Wildman–Crippen MR) is 106 cm³/mol. The molecule has 0 unspecified atom stereocenters. The van der Waals surface area contributed by atoms with Crippen molar-refractivity contribution in [2.75, 3.05) is 7.11 Å². The van der Waals surface area contributed by atoms with Crippen LogP contribution in [0.3, 0.4) is 0 Å². The Hall–Kier alpha value is -2.50. The van der Waals surface area contributed by atoms with E-state index in [2.05, 4.69) is 22.2 Å². The third-order valence-corrected chi connectivity index (χ3v) is 5.93. The molecule has 1 atom stereocenters. The van der Waals surface area contributed by atoms with Crippen molar-refractivity contribution >= 4 is 5.91 Å². The third kappa shape index (κ3) is 4.49. The molecule has 28 heavy (non-hydrogen) atoms. The summed E-state index contributed by atoms with van der Waals surface area (Å²) in [5.41, 5.74) is 2.28. The number of hydrogen-bond donors (Lipinski definition) is 1. The number of methoxy groups -OCH3 is 1. The van der Waals surface area contributed by atoms with Crippen molar-refractivity contribution in [1.82, 2.24) is 15.3 Å². The Morgan fingerprint density at radius 1 is 1.25 bits per heavy atom. The lowest BCUT2D eigenvalue weighted by molar-refractivity contribution is 0.0909. The number of amides is 1. The molecule has 0 aliphatic heterocycles. The molecule has 1 aliphatic rings. The molecule has 0 aromatic carbocycles. The van der Waals surface area contributed by atoms with Crippen molar-refractivity contribution in [1.29, 1.82) is 0 Å². The van der Waals surface area contributed by atoms with Crippen molar-refractivity contribution in [2.45, 2.75) is 57.9 Å². The van der Waals surface area contributed by atoms with E-state index in [9.17, 15) is 9.18 Å². The molecule has 1 aliphatic carbocycles. The monoisotopic (exact) mass is 385 g/mol. The maximum absolute atomic E-state index is 13.8. The lowest BCUT2D eigenvalue weighted by Gasteiger charge is -2.34. The van der Waals surface area contributed by atoms with Gasteiger partial charge in [0, 0.05) is 30.1 Å². The molecule has 1 amide bonds. The highest BCUT2D eigenvalue weighted by molar-refractivity contribution is 5.94. The number of carbonyl (C=O) groups is 1. The van der Waals surface area contributed by atoms with Gasteiger partial charge >= 0.3 is 0 Å². The van der Waals surface area contributed by atoms with E-state index in [1.54, 1.807) is 31.6 Å². The molecule has 0 radical (unpaired) electrons. The van der Waals surface area contributed by atoms with Gasteiger partial charge in [-0.15, -0.1) is 0 Å². The normalized spacial score (nSPS) is 20.4. The maximum Gasteiger partial charge on any atom is 0.253 e. The standard InChI is InChI=1S/C22H28FN3O2/c1-4-19(26-22(27)17-9-10-20(28-3)25-13-17)16-7-5-15(6-8-16)18-11-12-24-21(23)14(18)2/h9-13,15-16,19H,4-8H2,1-3H3,(H,26,27)/t15?,16?,19-/m1/s1. The van der Waals surface area contributed by atoms with Gasteiger partial charge in [0.1, 0.15) is 0 Å². The summed E-state index contributed by atoms with van der Waals surface area (Å²) < 4.78 is 18.8. The highest BCUT2D eigenvalue weighted by Gasteiger charge is 2.29. The van der Waals surface area contributed by atoms with E-state index < -0.39 is 0 Å². The molecule has 3 rings (SSSR count). The number of carbonyl (C=O) groups excluding carboxylic acids is 1. The summed E-state index contributed by atoms with van der Waals surface area (Å²) in [5.74, 6) is 0.823. The molecular formula is C22H28FN3O2. The first-order valence-corrected chi connectivity index (χ1v) is 9.95. The van der Waals surface area contributed by atoms with Crippen LogP contribution in [0.25, 0.3) is 0 Å². The van der Waals surface area contributed by atoms with Crippen LogP contribution in [0.4, 0.5) is 4.39 Å². The number of hydrogen-bond acceptors (Lipinski definition) is 4. The van der Waals surface area contributed by atoms with Crippen LogP contribution in [0, 0.1) is 18.8 Å². The molecule has 1 fully saturated rings. The minimum Gasteiger partial charge on any atom is -0.481 e. The second-order valence-electron chi connectivity index (χ2n) is 7.51. The number of rotatable bonds is 6. The molecule has 6 heteroatoms. The van der Waals surface area contributed by atoms with Crippen LogP contribution in [-0.4, -0.2) is 29.0 Å². The molecule has 1 N–H and O–H groups in total.